The molecule has 3 N–H and O–H groups in total. The van der Waals surface area contributed by atoms with Crippen molar-refractivity contribution in [2.24, 2.45) is 11.8 Å². The fraction of sp³-hybridized carbons (Fsp3) is 0.786. The molecule has 0 saturated heterocycles. The van der Waals surface area contributed by atoms with E-state index in [2.05, 4.69) is 31.3 Å². The number of hydrazine groups is 1. The van der Waals surface area contributed by atoms with E-state index in [1.54, 1.807) is 6.20 Å². The number of nitrogens with zero attached hydrogens (tertiary/aromatic N) is 2. The van der Waals surface area contributed by atoms with Crippen molar-refractivity contribution in [3.63, 3.8) is 0 Å². The minimum atomic E-state index is 0.0816. The Balaban J connectivity index is 2.96. The van der Waals surface area contributed by atoms with E-state index in [1.807, 2.05) is 4.68 Å². The Morgan fingerprint density at radius 1 is 1.37 bits per heavy atom. The zero-order valence-corrected chi connectivity index (χ0v) is 13.1. The number of nitrogens with two attached hydrogens (primary N) is 1. The molecule has 1 heterocycles. The molecule has 1 aromatic rings. The van der Waals surface area contributed by atoms with Crippen LogP contribution in [0.2, 0.25) is 5.02 Å². The lowest BCUT2D eigenvalue weighted by Gasteiger charge is -2.26. The molecule has 0 aliphatic heterocycles. The van der Waals surface area contributed by atoms with E-state index in [1.165, 1.54) is 12.8 Å². The average molecular weight is 287 g/mol. The zero-order chi connectivity index (χ0) is 14.3. The number of unbranched alkanes of at least 4 members (excludes halogenated alkanes) is 1. The van der Waals surface area contributed by atoms with Crippen LogP contribution in [0, 0.1) is 5.92 Å². The van der Waals surface area contributed by atoms with Crippen molar-refractivity contribution < 1.29 is 0 Å². The van der Waals surface area contributed by atoms with Gasteiger partial charge in [-0.1, -0.05) is 51.6 Å². The minimum Gasteiger partial charge on any atom is -0.271 e. The van der Waals surface area contributed by atoms with Gasteiger partial charge >= 0.3 is 0 Å². The molecule has 0 saturated carbocycles. The van der Waals surface area contributed by atoms with Crippen molar-refractivity contribution in [2.45, 2.75) is 65.5 Å². The van der Waals surface area contributed by atoms with Crippen LogP contribution in [0.15, 0.2) is 6.20 Å². The molecule has 0 aliphatic carbocycles. The summed E-state index contributed by atoms with van der Waals surface area (Å²) in [7, 11) is 0. The van der Waals surface area contributed by atoms with Gasteiger partial charge in [0.15, 0.2) is 0 Å². The lowest BCUT2D eigenvalue weighted by Crippen LogP contribution is -2.35. The summed E-state index contributed by atoms with van der Waals surface area (Å²) in [5, 5.41) is 5.07. The van der Waals surface area contributed by atoms with Crippen molar-refractivity contribution >= 4 is 11.6 Å². The topological polar surface area (TPSA) is 55.9 Å². The molecule has 5 heteroatoms. The second kappa shape index (κ2) is 8.56. The molecule has 2 atom stereocenters. The van der Waals surface area contributed by atoms with Gasteiger partial charge in [0.2, 0.25) is 0 Å². The van der Waals surface area contributed by atoms with E-state index in [0.29, 0.717) is 10.9 Å². The second-order valence-corrected chi connectivity index (χ2v) is 5.46. The fourth-order valence-electron chi connectivity index (χ4n) is 2.58. The number of aromatic nitrogens is 2. The number of nitrogens with one attached hydrogen (secondary N) is 1. The molecule has 110 valence electrons. The van der Waals surface area contributed by atoms with Gasteiger partial charge in [0.1, 0.15) is 0 Å². The van der Waals surface area contributed by atoms with Crippen LogP contribution in [0.5, 0.6) is 0 Å². The van der Waals surface area contributed by atoms with Crippen LogP contribution in [0.4, 0.5) is 0 Å². The summed E-state index contributed by atoms with van der Waals surface area (Å²) in [5.41, 5.74) is 3.99. The third-order valence-electron chi connectivity index (χ3n) is 3.67. The van der Waals surface area contributed by atoms with Gasteiger partial charge in [0, 0.05) is 6.54 Å². The molecular weight excluding hydrogens is 260 g/mol. The summed E-state index contributed by atoms with van der Waals surface area (Å²) in [6.45, 7) is 7.44. The normalized spacial score (nSPS) is 14.6. The molecule has 1 aromatic heterocycles. The number of hydrogen-bond donors (Lipinski definition) is 2. The maximum absolute atomic E-state index is 6.31. The lowest BCUT2D eigenvalue weighted by molar-refractivity contribution is 0.309. The van der Waals surface area contributed by atoms with E-state index >= 15 is 0 Å². The maximum atomic E-state index is 6.31. The molecule has 0 amide bonds. The SMILES string of the molecule is CCCCC(CC)C(NN)c1c(Cl)cnn1CCC. The van der Waals surface area contributed by atoms with Crippen molar-refractivity contribution in [1.82, 2.24) is 15.2 Å². The summed E-state index contributed by atoms with van der Waals surface area (Å²) < 4.78 is 1.99. The minimum absolute atomic E-state index is 0.0816. The summed E-state index contributed by atoms with van der Waals surface area (Å²) in [4.78, 5) is 0. The molecule has 0 aliphatic rings. The van der Waals surface area contributed by atoms with E-state index in [0.717, 1.165) is 31.5 Å². The molecule has 19 heavy (non-hydrogen) atoms. The Morgan fingerprint density at radius 3 is 2.63 bits per heavy atom. The summed E-state index contributed by atoms with van der Waals surface area (Å²) >= 11 is 6.31. The summed E-state index contributed by atoms with van der Waals surface area (Å²) in [6.07, 6.45) is 7.43. The van der Waals surface area contributed by atoms with E-state index in [4.69, 9.17) is 17.4 Å². The Bertz CT molecular complexity index is 364. The molecule has 2 unspecified atom stereocenters. The summed E-state index contributed by atoms with van der Waals surface area (Å²) in [5.74, 6) is 6.29. The van der Waals surface area contributed by atoms with E-state index in [-0.39, 0.29) is 6.04 Å². The van der Waals surface area contributed by atoms with Gasteiger partial charge in [-0.05, 0) is 18.8 Å². The molecule has 0 spiro atoms. The van der Waals surface area contributed by atoms with Gasteiger partial charge in [0.25, 0.3) is 0 Å². The third-order valence-corrected chi connectivity index (χ3v) is 3.96. The lowest BCUT2D eigenvalue weighted by atomic mass is 9.89. The van der Waals surface area contributed by atoms with Gasteiger partial charge in [-0.15, -0.1) is 0 Å². The monoisotopic (exact) mass is 286 g/mol. The number of aryl methyl sites for hydroxylation is 1. The quantitative estimate of drug-likeness (QED) is 0.538. The van der Waals surface area contributed by atoms with Gasteiger partial charge in [0.05, 0.1) is 23.0 Å². The van der Waals surface area contributed by atoms with Crippen LogP contribution in [0.25, 0.3) is 0 Å². The Labute approximate surface area is 121 Å². The first-order valence-corrected chi connectivity index (χ1v) is 7.74. The highest BCUT2D eigenvalue weighted by Crippen LogP contribution is 2.32. The van der Waals surface area contributed by atoms with Crippen molar-refractivity contribution in [3.8, 4) is 0 Å². The van der Waals surface area contributed by atoms with Crippen LogP contribution in [0.1, 0.15) is 64.6 Å². The van der Waals surface area contributed by atoms with Crippen LogP contribution < -0.4 is 11.3 Å². The predicted molar refractivity (Wildman–Crippen MR) is 80.9 cm³/mol. The Hall–Kier alpha value is -0.580. The first kappa shape index (κ1) is 16.5. The number of halogens is 1. The van der Waals surface area contributed by atoms with Crippen molar-refractivity contribution in [1.29, 1.82) is 0 Å². The first-order chi connectivity index (χ1) is 9.19. The molecule has 1 rings (SSSR count). The highest BCUT2D eigenvalue weighted by atomic mass is 35.5. The number of rotatable bonds is 9. The maximum Gasteiger partial charge on any atom is 0.0834 e. The third kappa shape index (κ3) is 4.20. The van der Waals surface area contributed by atoms with Crippen LogP contribution in [-0.2, 0) is 6.54 Å². The van der Waals surface area contributed by atoms with Gasteiger partial charge < -0.3 is 0 Å². The second-order valence-electron chi connectivity index (χ2n) is 5.06. The first-order valence-electron chi connectivity index (χ1n) is 7.36. The largest absolute Gasteiger partial charge is 0.271 e. The highest BCUT2D eigenvalue weighted by molar-refractivity contribution is 6.31. The molecule has 0 bridgehead atoms. The molecule has 4 nitrogen and oxygen atoms in total. The van der Waals surface area contributed by atoms with Crippen LogP contribution in [-0.4, -0.2) is 9.78 Å². The highest BCUT2D eigenvalue weighted by Gasteiger charge is 2.26. The van der Waals surface area contributed by atoms with Gasteiger partial charge in [-0.3, -0.25) is 16.0 Å². The van der Waals surface area contributed by atoms with Gasteiger partial charge in [-0.2, -0.15) is 5.10 Å². The Kier molecular flexibility index (Phi) is 7.42. The fourth-order valence-corrected chi connectivity index (χ4v) is 2.84. The summed E-state index contributed by atoms with van der Waals surface area (Å²) in [6, 6.07) is 0.0816. The standard InChI is InChI=1S/C14H27ClN4/c1-4-7-8-11(6-3)13(18-16)14-12(15)10-17-19(14)9-5-2/h10-11,13,18H,4-9,16H2,1-3H3. The predicted octanol–water partition coefficient (Wildman–Crippen LogP) is 3.67. The molecule has 0 fully saturated rings. The molecular formula is C14H27ClN4. The van der Waals surface area contributed by atoms with Crippen LogP contribution >= 0.6 is 11.6 Å². The average Bonchev–Trinajstić information content (AvgIpc) is 2.77. The smallest absolute Gasteiger partial charge is 0.0834 e. The van der Waals surface area contributed by atoms with Crippen molar-refractivity contribution in [2.75, 3.05) is 0 Å². The number of hydrogen-bond acceptors (Lipinski definition) is 3. The zero-order valence-electron chi connectivity index (χ0n) is 12.3. The molecule has 0 radical (unpaired) electrons. The Morgan fingerprint density at radius 2 is 2.11 bits per heavy atom. The molecule has 0 aromatic carbocycles. The van der Waals surface area contributed by atoms with Crippen LogP contribution in [0.3, 0.4) is 0 Å². The van der Waals surface area contributed by atoms with Gasteiger partial charge in [-0.25, -0.2) is 0 Å². The van der Waals surface area contributed by atoms with E-state index < -0.39 is 0 Å². The van der Waals surface area contributed by atoms with E-state index in [9.17, 15) is 0 Å². The van der Waals surface area contributed by atoms with Crippen molar-refractivity contribution in [3.05, 3.63) is 16.9 Å².